The number of allylic oxidation sites excluding steroid dienone is 20. The largest absolute Gasteiger partial charge is 0.462 e. The molecule has 0 N–H and O–H groups in total. The van der Waals surface area contributed by atoms with E-state index in [2.05, 4.69) is 142 Å². The molecule has 0 aromatic carbocycles. The average molecular weight is 1140 g/mol. The van der Waals surface area contributed by atoms with Gasteiger partial charge in [0.15, 0.2) is 6.10 Å². The molecular formula is C76H128O6. The summed E-state index contributed by atoms with van der Waals surface area (Å²) in [5, 5.41) is 0. The molecule has 0 aliphatic heterocycles. The van der Waals surface area contributed by atoms with Crippen molar-refractivity contribution in [2.24, 2.45) is 0 Å². The molecule has 1 unspecified atom stereocenters. The Morgan fingerprint density at radius 3 is 0.744 bits per heavy atom. The van der Waals surface area contributed by atoms with Gasteiger partial charge in [0, 0.05) is 19.3 Å². The third kappa shape index (κ3) is 66.6. The van der Waals surface area contributed by atoms with Crippen LogP contribution in [-0.2, 0) is 28.6 Å². The van der Waals surface area contributed by atoms with Crippen LogP contribution in [0.15, 0.2) is 122 Å². The number of esters is 3. The number of hydrogen-bond acceptors (Lipinski definition) is 6. The highest BCUT2D eigenvalue weighted by Crippen LogP contribution is 2.17. The zero-order valence-electron chi connectivity index (χ0n) is 53.7. The van der Waals surface area contributed by atoms with Crippen molar-refractivity contribution >= 4 is 17.9 Å². The van der Waals surface area contributed by atoms with E-state index in [9.17, 15) is 14.4 Å². The quantitative estimate of drug-likeness (QED) is 0.0261. The second-order valence-electron chi connectivity index (χ2n) is 22.7. The molecule has 82 heavy (non-hydrogen) atoms. The highest BCUT2D eigenvalue weighted by Gasteiger charge is 2.19. The van der Waals surface area contributed by atoms with E-state index in [0.717, 1.165) is 122 Å². The molecule has 0 aliphatic rings. The monoisotopic (exact) mass is 1140 g/mol. The van der Waals surface area contributed by atoms with E-state index in [1.165, 1.54) is 161 Å². The number of carbonyl (C=O) groups excluding carboxylic acids is 3. The summed E-state index contributed by atoms with van der Waals surface area (Å²) < 4.78 is 16.9. The maximum Gasteiger partial charge on any atom is 0.306 e. The minimum atomic E-state index is -0.795. The van der Waals surface area contributed by atoms with Crippen LogP contribution in [-0.4, -0.2) is 37.2 Å². The smallest absolute Gasteiger partial charge is 0.306 e. The fourth-order valence-corrected chi connectivity index (χ4v) is 9.59. The van der Waals surface area contributed by atoms with E-state index in [1.54, 1.807) is 0 Å². The van der Waals surface area contributed by atoms with Gasteiger partial charge in [-0.2, -0.15) is 0 Å². The molecule has 0 spiro atoms. The predicted octanol–water partition coefficient (Wildman–Crippen LogP) is 23.9. The second kappa shape index (κ2) is 69.3. The maximum absolute atomic E-state index is 12.9. The SMILES string of the molecule is CC/C=C\C/C=C\C/C=C\C/C=C\C/C=C\C/C=C\C/C=C\C/C=C\C/C=C\C/C=C\CCCCC(=O)OCC(COC(=O)CCCCCCCCCCC)OC(=O)CCCCCCCCCCCCCCCCCCCCCCCC. The van der Waals surface area contributed by atoms with E-state index in [1.807, 2.05) is 0 Å². The minimum absolute atomic E-state index is 0.0895. The van der Waals surface area contributed by atoms with Crippen LogP contribution in [0.3, 0.4) is 0 Å². The number of carbonyl (C=O) groups is 3. The van der Waals surface area contributed by atoms with Gasteiger partial charge in [0.05, 0.1) is 0 Å². The summed E-state index contributed by atoms with van der Waals surface area (Å²) in [5.41, 5.74) is 0. The molecule has 0 rings (SSSR count). The van der Waals surface area contributed by atoms with Gasteiger partial charge in [0.1, 0.15) is 13.2 Å². The third-order valence-corrected chi connectivity index (χ3v) is 14.7. The normalized spacial score (nSPS) is 12.9. The Morgan fingerprint density at radius 2 is 0.476 bits per heavy atom. The van der Waals surface area contributed by atoms with E-state index < -0.39 is 6.10 Å². The first-order chi connectivity index (χ1) is 40.5. The molecule has 6 nitrogen and oxygen atoms in total. The van der Waals surface area contributed by atoms with Crippen molar-refractivity contribution in [2.75, 3.05) is 13.2 Å². The number of hydrogen-bond donors (Lipinski definition) is 0. The van der Waals surface area contributed by atoms with Crippen LogP contribution < -0.4 is 0 Å². The molecular weight excluding hydrogens is 1010 g/mol. The lowest BCUT2D eigenvalue weighted by Gasteiger charge is -2.18. The van der Waals surface area contributed by atoms with Crippen molar-refractivity contribution in [3.05, 3.63) is 122 Å². The summed E-state index contributed by atoms with van der Waals surface area (Å²) in [7, 11) is 0. The molecule has 0 aliphatic carbocycles. The van der Waals surface area contributed by atoms with Crippen molar-refractivity contribution in [1.29, 1.82) is 0 Å². The predicted molar refractivity (Wildman–Crippen MR) is 357 cm³/mol. The molecule has 0 fully saturated rings. The Morgan fingerprint density at radius 1 is 0.256 bits per heavy atom. The number of ether oxygens (including phenoxy) is 3. The van der Waals surface area contributed by atoms with E-state index in [-0.39, 0.29) is 31.1 Å². The van der Waals surface area contributed by atoms with E-state index >= 15 is 0 Å². The van der Waals surface area contributed by atoms with Gasteiger partial charge >= 0.3 is 17.9 Å². The fraction of sp³-hybridized carbons (Fsp3) is 0.697. The zero-order valence-corrected chi connectivity index (χ0v) is 53.7. The molecule has 1 atom stereocenters. The summed E-state index contributed by atoms with van der Waals surface area (Å²) in [6.07, 6.45) is 96.7. The highest BCUT2D eigenvalue weighted by atomic mass is 16.6. The summed E-state index contributed by atoms with van der Waals surface area (Å²) >= 11 is 0. The highest BCUT2D eigenvalue weighted by molar-refractivity contribution is 5.71. The first-order valence-corrected chi connectivity index (χ1v) is 34.5. The Balaban J connectivity index is 4.27. The molecule has 0 bridgehead atoms. The van der Waals surface area contributed by atoms with Crippen LogP contribution in [0.2, 0.25) is 0 Å². The number of rotatable bonds is 62. The van der Waals surface area contributed by atoms with Crippen LogP contribution in [0.25, 0.3) is 0 Å². The first kappa shape index (κ1) is 77.8. The van der Waals surface area contributed by atoms with Crippen molar-refractivity contribution in [1.82, 2.24) is 0 Å². The molecule has 6 heteroatoms. The van der Waals surface area contributed by atoms with Crippen molar-refractivity contribution in [3.63, 3.8) is 0 Å². The van der Waals surface area contributed by atoms with Gasteiger partial charge in [0.25, 0.3) is 0 Å². The lowest BCUT2D eigenvalue weighted by molar-refractivity contribution is -0.167. The van der Waals surface area contributed by atoms with Gasteiger partial charge in [-0.25, -0.2) is 0 Å². The fourth-order valence-electron chi connectivity index (χ4n) is 9.59. The molecule has 0 aromatic rings. The molecule has 0 amide bonds. The van der Waals surface area contributed by atoms with Gasteiger partial charge in [-0.15, -0.1) is 0 Å². The summed E-state index contributed by atoms with van der Waals surface area (Å²) in [6, 6.07) is 0. The van der Waals surface area contributed by atoms with Gasteiger partial charge in [-0.05, 0) is 96.3 Å². The van der Waals surface area contributed by atoms with E-state index in [4.69, 9.17) is 14.2 Å². The van der Waals surface area contributed by atoms with Crippen LogP contribution in [0.5, 0.6) is 0 Å². The summed E-state index contributed by atoms with van der Waals surface area (Å²) in [6.45, 7) is 6.50. The molecule has 468 valence electrons. The standard InChI is InChI=1S/C76H128O6/c1-4-7-10-13-16-19-21-23-25-27-29-31-33-34-35-36-37-38-39-40-41-42-43-45-46-48-50-52-54-57-60-63-66-69-75(78)81-72-73(71-80-74(77)68-65-62-59-56-18-15-12-9-6-3)82-76(79)70-67-64-61-58-55-53-51-49-47-44-32-30-28-26-24-22-20-17-14-11-8-5-2/h7,10,16,19,23,25,29,31,34-35,37-38,40-41,43,45,48,50,54,57,73H,4-6,8-9,11-15,17-18,20-22,24,26-28,30,32-33,36,39,42,44,46-47,49,51-53,55-56,58-72H2,1-3H3/b10-7-,19-16-,25-23-,31-29-,35-34-,38-37-,41-40-,45-43-,50-48-,57-54-. The average Bonchev–Trinajstić information content (AvgIpc) is 3.48. The van der Waals surface area contributed by atoms with Gasteiger partial charge in [-0.1, -0.05) is 328 Å². The van der Waals surface area contributed by atoms with Crippen LogP contribution in [0.4, 0.5) is 0 Å². The molecule has 0 heterocycles. The zero-order chi connectivity index (χ0) is 59.2. The molecule has 0 saturated heterocycles. The minimum Gasteiger partial charge on any atom is -0.462 e. The van der Waals surface area contributed by atoms with Gasteiger partial charge in [-0.3, -0.25) is 14.4 Å². The summed E-state index contributed by atoms with van der Waals surface area (Å²) in [4.78, 5) is 38.2. The molecule has 0 aromatic heterocycles. The molecule has 0 radical (unpaired) electrons. The van der Waals surface area contributed by atoms with Crippen molar-refractivity contribution in [3.8, 4) is 0 Å². The third-order valence-electron chi connectivity index (χ3n) is 14.7. The Labute approximate surface area is 507 Å². The Bertz CT molecular complexity index is 1690. The molecule has 0 saturated carbocycles. The van der Waals surface area contributed by atoms with Crippen LogP contribution >= 0.6 is 0 Å². The maximum atomic E-state index is 12.9. The van der Waals surface area contributed by atoms with Gasteiger partial charge in [0.2, 0.25) is 0 Å². The number of unbranched alkanes of at least 4 members (excludes halogenated alkanes) is 31. The Hall–Kier alpha value is -4.19. The lowest BCUT2D eigenvalue weighted by Crippen LogP contribution is -2.30. The summed E-state index contributed by atoms with van der Waals surface area (Å²) in [5.74, 6) is -0.927. The van der Waals surface area contributed by atoms with Crippen LogP contribution in [0, 0.1) is 0 Å². The van der Waals surface area contributed by atoms with Crippen molar-refractivity contribution < 1.29 is 28.6 Å². The Kier molecular flexibility index (Phi) is 65.8. The lowest BCUT2D eigenvalue weighted by atomic mass is 10.0. The van der Waals surface area contributed by atoms with Crippen LogP contribution in [0.1, 0.15) is 323 Å². The van der Waals surface area contributed by atoms with Crippen molar-refractivity contribution in [2.45, 2.75) is 329 Å². The first-order valence-electron chi connectivity index (χ1n) is 34.5. The van der Waals surface area contributed by atoms with Gasteiger partial charge < -0.3 is 14.2 Å². The topological polar surface area (TPSA) is 78.9 Å². The second-order valence-corrected chi connectivity index (χ2v) is 22.7. The van der Waals surface area contributed by atoms with E-state index in [0.29, 0.717) is 19.3 Å².